The third-order valence-electron chi connectivity index (χ3n) is 3.49. The van der Waals surface area contributed by atoms with E-state index in [1.807, 2.05) is 6.08 Å². The summed E-state index contributed by atoms with van der Waals surface area (Å²) in [6, 6.07) is -0.176. The van der Waals surface area contributed by atoms with Crippen LogP contribution in [0.2, 0.25) is 0 Å². The van der Waals surface area contributed by atoms with Crippen LogP contribution in [0.15, 0.2) is 12.7 Å². The minimum Gasteiger partial charge on any atom is -0.331 e. The number of amides is 2. The topological polar surface area (TPSA) is 40.6 Å². The van der Waals surface area contributed by atoms with Crippen LogP contribution in [-0.2, 0) is 9.59 Å². The van der Waals surface area contributed by atoms with Gasteiger partial charge in [0.05, 0.1) is 6.54 Å². The Hall–Kier alpha value is -0.970. The monoisotopic (exact) mass is 268 g/mol. The van der Waals surface area contributed by atoms with Crippen molar-refractivity contribution in [2.75, 3.05) is 31.1 Å². The molecule has 1 atom stereocenters. The van der Waals surface area contributed by atoms with Crippen LogP contribution in [0.4, 0.5) is 0 Å². The van der Waals surface area contributed by atoms with Gasteiger partial charge in [0.2, 0.25) is 11.8 Å². The third kappa shape index (κ3) is 2.88. The molecule has 5 heteroatoms. The van der Waals surface area contributed by atoms with Gasteiger partial charge in [0.1, 0.15) is 6.04 Å². The van der Waals surface area contributed by atoms with E-state index in [9.17, 15) is 9.59 Å². The molecule has 2 aliphatic rings. The maximum absolute atomic E-state index is 12.3. The molecule has 0 aromatic rings. The number of thioether (sulfide) groups is 1. The van der Waals surface area contributed by atoms with Crippen LogP contribution < -0.4 is 0 Å². The van der Waals surface area contributed by atoms with Gasteiger partial charge in [-0.15, -0.1) is 6.58 Å². The molecule has 0 bridgehead atoms. The Morgan fingerprint density at radius 2 is 2.22 bits per heavy atom. The molecule has 0 N–H and O–H groups in total. The molecule has 2 aliphatic heterocycles. The zero-order chi connectivity index (χ0) is 13.0. The van der Waals surface area contributed by atoms with Crippen molar-refractivity contribution in [3.8, 4) is 0 Å². The van der Waals surface area contributed by atoms with E-state index in [4.69, 9.17) is 0 Å². The lowest BCUT2D eigenvalue weighted by Gasteiger charge is -2.42. The largest absolute Gasteiger partial charge is 0.331 e. The van der Waals surface area contributed by atoms with Crippen molar-refractivity contribution in [2.45, 2.75) is 25.3 Å². The Morgan fingerprint density at radius 1 is 1.39 bits per heavy atom. The van der Waals surface area contributed by atoms with Crippen molar-refractivity contribution in [1.29, 1.82) is 0 Å². The maximum atomic E-state index is 12.3. The standard InChI is InChI=1S/C13H20N2O2S/c1-2-8-18-9-7-14-10-12(16)15-6-4-3-5-11(15)13(14)17/h2,11H,1,3-10H2. The summed E-state index contributed by atoms with van der Waals surface area (Å²) in [4.78, 5) is 27.8. The summed E-state index contributed by atoms with van der Waals surface area (Å²) in [6.45, 7) is 5.36. The van der Waals surface area contributed by atoms with E-state index in [0.717, 1.165) is 37.3 Å². The predicted octanol–water partition coefficient (Wildman–Crippen LogP) is 1.13. The Kier molecular flexibility index (Phi) is 4.69. The highest BCUT2D eigenvalue weighted by atomic mass is 32.2. The first-order chi connectivity index (χ1) is 8.74. The fourth-order valence-electron chi connectivity index (χ4n) is 2.56. The van der Waals surface area contributed by atoms with Gasteiger partial charge in [-0.3, -0.25) is 9.59 Å². The Balaban J connectivity index is 1.90. The molecule has 100 valence electrons. The highest BCUT2D eigenvalue weighted by Gasteiger charge is 2.39. The molecule has 0 aliphatic carbocycles. The number of fused-ring (bicyclic) bond motifs is 1. The van der Waals surface area contributed by atoms with Crippen LogP contribution in [0.3, 0.4) is 0 Å². The van der Waals surface area contributed by atoms with Gasteiger partial charge in [-0.05, 0) is 19.3 Å². The molecule has 2 heterocycles. The Bertz CT molecular complexity index is 346. The number of piperidine rings is 1. The summed E-state index contributed by atoms with van der Waals surface area (Å²) in [7, 11) is 0. The number of hydrogen-bond donors (Lipinski definition) is 0. The first-order valence-electron chi connectivity index (χ1n) is 6.51. The predicted molar refractivity (Wildman–Crippen MR) is 73.5 cm³/mol. The molecular formula is C13H20N2O2S. The van der Waals surface area contributed by atoms with Gasteiger partial charge < -0.3 is 9.80 Å². The molecule has 2 amide bonds. The van der Waals surface area contributed by atoms with Crippen LogP contribution in [-0.4, -0.2) is 58.8 Å². The van der Waals surface area contributed by atoms with Crippen molar-refractivity contribution in [1.82, 2.24) is 9.80 Å². The van der Waals surface area contributed by atoms with Crippen LogP contribution >= 0.6 is 11.8 Å². The Morgan fingerprint density at radius 3 is 3.00 bits per heavy atom. The average Bonchev–Trinajstić information content (AvgIpc) is 2.40. The van der Waals surface area contributed by atoms with Crippen molar-refractivity contribution in [2.24, 2.45) is 0 Å². The van der Waals surface area contributed by atoms with Gasteiger partial charge in [0, 0.05) is 24.6 Å². The second kappa shape index (κ2) is 6.27. The molecule has 1 unspecified atom stereocenters. The molecule has 0 radical (unpaired) electrons. The molecule has 2 saturated heterocycles. The van der Waals surface area contributed by atoms with E-state index in [1.54, 1.807) is 21.6 Å². The maximum Gasteiger partial charge on any atom is 0.245 e. The minimum absolute atomic E-state index is 0.119. The second-order valence-electron chi connectivity index (χ2n) is 4.72. The lowest BCUT2D eigenvalue weighted by Crippen LogP contribution is -2.61. The highest BCUT2D eigenvalue weighted by molar-refractivity contribution is 7.99. The number of carbonyl (C=O) groups is 2. The number of rotatable bonds is 5. The quantitative estimate of drug-likeness (QED) is 0.554. The summed E-state index contributed by atoms with van der Waals surface area (Å²) < 4.78 is 0. The van der Waals surface area contributed by atoms with Gasteiger partial charge in [0.25, 0.3) is 0 Å². The Labute approximate surface area is 112 Å². The van der Waals surface area contributed by atoms with Crippen LogP contribution in [0, 0.1) is 0 Å². The first kappa shape index (κ1) is 13.5. The zero-order valence-corrected chi connectivity index (χ0v) is 11.5. The van der Waals surface area contributed by atoms with Crippen molar-refractivity contribution in [3.63, 3.8) is 0 Å². The summed E-state index contributed by atoms with van der Waals surface area (Å²) in [6.07, 6.45) is 4.78. The van der Waals surface area contributed by atoms with Crippen LogP contribution in [0.25, 0.3) is 0 Å². The molecular weight excluding hydrogens is 248 g/mol. The normalized spacial score (nSPS) is 24.1. The van der Waals surface area contributed by atoms with E-state index in [-0.39, 0.29) is 24.4 Å². The van der Waals surface area contributed by atoms with E-state index in [0.29, 0.717) is 6.54 Å². The summed E-state index contributed by atoms with van der Waals surface area (Å²) in [5, 5.41) is 0. The van der Waals surface area contributed by atoms with E-state index in [1.165, 1.54) is 0 Å². The number of piperazine rings is 1. The van der Waals surface area contributed by atoms with Gasteiger partial charge >= 0.3 is 0 Å². The third-order valence-corrected chi connectivity index (χ3v) is 4.43. The van der Waals surface area contributed by atoms with Crippen LogP contribution in [0.5, 0.6) is 0 Å². The molecule has 0 aromatic heterocycles. The number of nitrogens with zero attached hydrogens (tertiary/aromatic N) is 2. The highest BCUT2D eigenvalue weighted by Crippen LogP contribution is 2.23. The number of carbonyl (C=O) groups excluding carboxylic acids is 2. The van der Waals surface area contributed by atoms with Crippen molar-refractivity contribution in [3.05, 3.63) is 12.7 Å². The molecule has 2 fully saturated rings. The fourth-order valence-corrected chi connectivity index (χ4v) is 3.24. The minimum atomic E-state index is -0.176. The van der Waals surface area contributed by atoms with Gasteiger partial charge in [-0.1, -0.05) is 6.08 Å². The number of hydrogen-bond acceptors (Lipinski definition) is 3. The molecule has 0 saturated carbocycles. The molecule has 4 nitrogen and oxygen atoms in total. The zero-order valence-electron chi connectivity index (χ0n) is 10.6. The second-order valence-corrected chi connectivity index (χ2v) is 5.87. The smallest absolute Gasteiger partial charge is 0.245 e. The van der Waals surface area contributed by atoms with Gasteiger partial charge in [0.15, 0.2) is 0 Å². The molecule has 0 spiro atoms. The molecule has 18 heavy (non-hydrogen) atoms. The van der Waals surface area contributed by atoms with Crippen molar-refractivity contribution >= 4 is 23.6 Å². The van der Waals surface area contributed by atoms with E-state index >= 15 is 0 Å². The lowest BCUT2D eigenvalue weighted by atomic mass is 9.98. The van der Waals surface area contributed by atoms with Crippen LogP contribution in [0.1, 0.15) is 19.3 Å². The summed E-state index contributed by atoms with van der Waals surface area (Å²) in [5.41, 5.74) is 0. The van der Waals surface area contributed by atoms with E-state index in [2.05, 4.69) is 6.58 Å². The SMILES string of the molecule is C=CCSCCN1CC(=O)N2CCCCC2C1=O. The van der Waals surface area contributed by atoms with E-state index < -0.39 is 0 Å². The molecule has 0 aromatic carbocycles. The van der Waals surface area contributed by atoms with Gasteiger partial charge in [-0.2, -0.15) is 11.8 Å². The fraction of sp³-hybridized carbons (Fsp3) is 0.692. The van der Waals surface area contributed by atoms with Gasteiger partial charge in [-0.25, -0.2) is 0 Å². The van der Waals surface area contributed by atoms with Crippen molar-refractivity contribution < 1.29 is 9.59 Å². The summed E-state index contributed by atoms with van der Waals surface area (Å²) in [5.74, 6) is 2.03. The first-order valence-corrected chi connectivity index (χ1v) is 7.66. The lowest BCUT2D eigenvalue weighted by molar-refractivity contribution is -0.157. The summed E-state index contributed by atoms with van der Waals surface area (Å²) >= 11 is 1.74. The molecule has 2 rings (SSSR count). The average molecular weight is 268 g/mol.